The molecule has 2 heterocycles. The molecule has 0 saturated carbocycles. The first-order valence-electron chi connectivity index (χ1n) is 13.4. The van der Waals surface area contributed by atoms with E-state index in [1.807, 2.05) is 48.5 Å². The average molecular weight is 516 g/mol. The van der Waals surface area contributed by atoms with Gasteiger partial charge in [0, 0.05) is 26.2 Å². The van der Waals surface area contributed by atoms with Gasteiger partial charge in [-0.15, -0.1) is 0 Å². The minimum Gasteiger partial charge on any atom is -0.481 e. The second kappa shape index (κ2) is 12.5. The predicted molar refractivity (Wildman–Crippen MR) is 153 cm³/mol. The van der Waals surface area contributed by atoms with Gasteiger partial charge in [0.1, 0.15) is 0 Å². The van der Waals surface area contributed by atoms with E-state index in [0.29, 0.717) is 13.1 Å². The standard InChI is InChI=1S/C17H16N2.C17H17NO2/c18-11-14-12-19(13-14)17(15-7-3-1-4-8-15)16-9-5-2-6-10-16;19-17(20)15-11-18(12-15)16(13-7-3-1-4-8-13)14-9-5-2-6-10-14/h1-10,14,17H,12-13H2;1-10,15-16H,11-12H2,(H,19,20). The Morgan fingerprint density at radius 1 is 0.615 bits per heavy atom. The Morgan fingerprint density at radius 2 is 0.923 bits per heavy atom. The zero-order valence-electron chi connectivity index (χ0n) is 21.9. The van der Waals surface area contributed by atoms with Gasteiger partial charge in [0.2, 0.25) is 0 Å². The summed E-state index contributed by atoms with van der Waals surface area (Å²) in [6, 6.07) is 44.3. The number of carboxylic acid groups (broad SMARTS) is 1. The number of carboxylic acids is 1. The molecule has 0 aliphatic carbocycles. The van der Waals surface area contributed by atoms with Gasteiger partial charge in [0.25, 0.3) is 0 Å². The zero-order chi connectivity index (χ0) is 27.0. The molecule has 0 spiro atoms. The normalized spacial score (nSPS) is 16.0. The number of aliphatic carboxylic acids is 1. The molecule has 0 radical (unpaired) electrons. The highest BCUT2D eigenvalue weighted by molar-refractivity contribution is 5.71. The Labute approximate surface area is 230 Å². The molecular formula is C34H33N3O2. The van der Waals surface area contributed by atoms with Gasteiger partial charge in [-0.05, 0) is 22.3 Å². The third-order valence-electron chi connectivity index (χ3n) is 7.54. The van der Waals surface area contributed by atoms with Crippen molar-refractivity contribution in [2.24, 2.45) is 11.8 Å². The quantitative estimate of drug-likeness (QED) is 0.326. The van der Waals surface area contributed by atoms with Crippen LogP contribution in [0.2, 0.25) is 0 Å². The summed E-state index contributed by atoms with van der Waals surface area (Å²) in [6.07, 6.45) is 0. The molecule has 0 atom stereocenters. The van der Waals surface area contributed by atoms with Crippen LogP contribution in [0.15, 0.2) is 121 Å². The van der Waals surface area contributed by atoms with Crippen LogP contribution < -0.4 is 0 Å². The lowest BCUT2D eigenvalue weighted by molar-refractivity contribution is -0.148. The first-order chi connectivity index (χ1) is 19.1. The largest absolute Gasteiger partial charge is 0.481 e. The van der Waals surface area contributed by atoms with Crippen LogP contribution in [-0.2, 0) is 4.79 Å². The number of carbonyl (C=O) groups is 1. The summed E-state index contributed by atoms with van der Waals surface area (Å²) in [7, 11) is 0. The monoisotopic (exact) mass is 515 g/mol. The van der Waals surface area contributed by atoms with Crippen molar-refractivity contribution >= 4 is 5.97 Å². The molecule has 5 nitrogen and oxygen atoms in total. The molecule has 0 amide bonds. The number of benzene rings is 4. The SMILES string of the molecule is N#CC1CN(C(c2ccccc2)c2ccccc2)C1.O=C(O)C1CN(C(c2ccccc2)c2ccccc2)C1. The molecular weight excluding hydrogens is 482 g/mol. The lowest BCUT2D eigenvalue weighted by Gasteiger charge is -2.43. The van der Waals surface area contributed by atoms with Gasteiger partial charge >= 0.3 is 5.97 Å². The summed E-state index contributed by atoms with van der Waals surface area (Å²) in [5, 5.41) is 18.0. The molecule has 39 heavy (non-hydrogen) atoms. The van der Waals surface area contributed by atoms with Gasteiger partial charge in [0.15, 0.2) is 0 Å². The summed E-state index contributed by atoms with van der Waals surface area (Å²) < 4.78 is 0. The van der Waals surface area contributed by atoms with E-state index >= 15 is 0 Å². The van der Waals surface area contributed by atoms with Crippen molar-refractivity contribution in [3.63, 3.8) is 0 Å². The van der Waals surface area contributed by atoms with Gasteiger partial charge in [-0.25, -0.2) is 0 Å². The van der Waals surface area contributed by atoms with Gasteiger partial charge in [-0.1, -0.05) is 121 Å². The van der Waals surface area contributed by atoms with Crippen molar-refractivity contribution in [3.8, 4) is 6.07 Å². The molecule has 6 rings (SSSR count). The second-order valence-electron chi connectivity index (χ2n) is 10.2. The van der Waals surface area contributed by atoms with E-state index in [2.05, 4.69) is 88.7 Å². The third-order valence-corrected chi connectivity index (χ3v) is 7.54. The Bertz CT molecular complexity index is 1280. The summed E-state index contributed by atoms with van der Waals surface area (Å²) in [6.45, 7) is 2.96. The molecule has 0 bridgehead atoms. The van der Waals surface area contributed by atoms with E-state index in [1.54, 1.807) is 0 Å². The summed E-state index contributed by atoms with van der Waals surface area (Å²) in [5.74, 6) is -0.735. The van der Waals surface area contributed by atoms with Crippen molar-refractivity contribution in [1.82, 2.24) is 9.80 Å². The topological polar surface area (TPSA) is 67.6 Å². The Morgan fingerprint density at radius 3 is 1.21 bits per heavy atom. The van der Waals surface area contributed by atoms with E-state index in [1.165, 1.54) is 22.3 Å². The van der Waals surface area contributed by atoms with Crippen LogP contribution in [0, 0.1) is 23.2 Å². The first-order valence-corrected chi connectivity index (χ1v) is 13.4. The number of nitriles is 1. The fourth-order valence-electron chi connectivity index (χ4n) is 5.45. The van der Waals surface area contributed by atoms with Crippen LogP contribution in [0.3, 0.4) is 0 Å². The summed E-state index contributed by atoms with van der Waals surface area (Å²) in [5.41, 5.74) is 5.01. The average Bonchev–Trinajstić information content (AvgIpc) is 2.94. The number of nitrogens with zero attached hydrogens (tertiary/aromatic N) is 3. The van der Waals surface area contributed by atoms with Crippen molar-refractivity contribution in [3.05, 3.63) is 144 Å². The van der Waals surface area contributed by atoms with Crippen molar-refractivity contribution in [1.29, 1.82) is 5.26 Å². The van der Waals surface area contributed by atoms with Gasteiger partial charge in [0.05, 0.1) is 30.0 Å². The second-order valence-corrected chi connectivity index (χ2v) is 10.2. The van der Waals surface area contributed by atoms with E-state index in [9.17, 15) is 4.79 Å². The van der Waals surface area contributed by atoms with Crippen molar-refractivity contribution in [2.75, 3.05) is 26.2 Å². The van der Waals surface area contributed by atoms with Crippen molar-refractivity contribution in [2.45, 2.75) is 12.1 Å². The molecule has 2 fully saturated rings. The van der Waals surface area contributed by atoms with E-state index in [0.717, 1.165) is 13.1 Å². The molecule has 4 aromatic rings. The van der Waals surface area contributed by atoms with Crippen LogP contribution in [0.1, 0.15) is 34.3 Å². The molecule has 0 aromatic heterocycles. The molecule has 0 unspecified atom stereocenters. The maximum absolute atomic E-state index is 11.0. The Balaban J connectivity index is 0.000000158. The fraction of sp³-hybridized carbons (Fsp3) is 0.235. The lowest BCUT2D eigenvalue weighted by Crippen LogP contribution is -2.51. The first kappa shape index (κ1) is 26.4. The smallest absolute Gasteiger partial charge is 0.309 e. The van der Waals surface area contributed by atoms with Crippen LogP contribution in [0.5, 0.6) is 0 Å². The Kier molecular flexibility index (Phi) is 8.48. The van der Waals surface area contributed by atoms with E-state index in [-0.39, 0.29) is 23.9 Å². The zero-order valence-corrected chi connectivity index (χ0v) is 21.9. The minimum absolute atomic E-state index is 0.146. The van der Waals surface area contributed by atoms with E-state index in [4.69, 9.17) is 10.4 Å². The number of hydrogen-bond donors (Lipinski definition) is 1. The molecule has 5 heteroatoms. The van der Waals surface area contributed by atoms with Crippen LogP contribution in [0.25, 0.3) is 0 Å². The minimum atomic E-state index is -0.693. The van der Waals surface area contributed by atoms with Gasteiger partial charge in [-0.2, -0.15) is 5.26 Å². The molecule has 2 aliphatic heterocycles. The van der Waals surface area contributed by atoms with Crippen LogP contribution in [0.4, 0.5) is 0 Å². The summed E-state index contributed by atoms with van der Waals surface area (Å²) >= 11 is 0. The highest BCUT2D eigenvalue weighted by Crippen LogP contribution is 2.35. The van der Waals surface area contributed by atoms with Crippen molar-refractivity contribution < 1.29 is 9.90 Å². The van der Waals surface area contributed by atoms with Gasteiger partial charge in [-0.3, -0.25) is 14.6 Å². The molecule has 1 N–H and O–H groups in total. The van der Waals surface area contributed by atoms with Crippen LogP contribution in [-0.4, -0.2) is 47.1 Å². The highest BCUT2D eigenvalue weighted by atomic mass is 16.4. The molecule has 196 valence electrons. The Hall–Kier alpha value is -4.24. The third kappa shape index (κ3) is 6.26. The van der Waals surface area contributed by atoms with Gasteiger partial charge < -0.3 is 5.11 Å². The maximum atomic E-state index is 11.0. The van der Waals surface area contributed by atoms with Crippen LogP contribution >= 0.6 is 0 Å². The fourth-order valence-corrected chi connectivity index (χ4v) is 5.45. The molecule has 2 saturated heterocycles. The maximum Gasteiger partial charge on any atom is 0.309 e. The lowest BCUT2D eigenvalue weighted by atomic mass is 9.90. The predicted octanol–water partition coefficient (Wildman–Crippen LogP) is 6.02. The number of likely N-dealkylation sites (tertiary alicyclic amines) is 2. The number of rotatable bonds is 7. The molecule has 4 aromatic carbocycles. The van der Waals surface area contributed by atoms with E-state index < -0.39 is 5.97 Å². The molecule has 2 aliphatic rings. The summed E-state index contributed by atoms with van der Waals surface area (Å²) in [4.78, 5) is 15.6. The number of hydrogen-bond acceptors (Lipinski definition) is 4. The highest BCUT2D eigenvalue weighted by Gasteiger charge is 2.38.